The van der Waals surface area contributed by atoms with Crippen LogP contribution in [0.4, 0.5) is 0 Å². The first-order chi connectivity index (χ1) is 7.69. The van der Waals surface area contributed by atoms with E-state index >= 15 is 0 Å². The molecule has 1 aromatic rings. The first-order valence-electron chi connectivity index (χ1n) is 6.16. The molecular weight excluding hydrogens is 198 g/mol. The minimum absolute atomic E-state index is 0.408. The van der Waals surface area contributed by atoms with Gasteiger partial charge < -0.3 is 10.1 Å². The number of hydrogen-bond donors (Lipinski definition) is 1. The smallest absolute Gasteiger partial charge is 0.120 e. The first kappa shape index (κ1) is 11.5. The van der Waals surface area contributed by atoms with E-state index in [2.05, 4.69) is 44.3 Å². The van der Waals surface area contributed by atoms with Crippen molar-refractivity contribution in [2.24, 2.45) is 0 Å². The van der Waals surface area contributed by atoms with Crippen LogP contribution in [0.2, 0.25) is 0 Å². The molecule has 0 aromatic heterocycles. The van der Waals surface area contributed by atoms with Gasteiger partial charge in [-0.3, -0.25) is 0 Å². The molecular formula is C14H21NO. The average molecular weight is 219 g/mol. The largest absolute Gasteiger partial charge is 0.490 e. The Balaban J connectivity index is 1.84. The predicted molar refractivity (Wildman–Crippen MR) is 67.0 cm³/mol. The van der Waals surface area contributed by atoms with Gasteiger partial charge in [0.2, 0.25) is 0 Å². The van der Waals surface area contributed by atoms with Crippen molar-refractivity contribution in [2.45, 2.75) is 45.8 Å². The molecule has 16 heavy (non-hydrogen) atoms. The highest BCUT2D eigenvalue weighted by molar-refractivity contribution is 5.34. The highest BCUT2D eigenvalue weighted by Crippen LogP contribution is 2.26. The first-order valence-corrected chi connectivity index (χ1v) is 6.16. The van der Waals surface area contributed by atoms with Crippen molar-refractivity contribution in [1.82, 2.24) is 5.32 Å². The maximum Gasteiger partial charge on any atom is 0.120 e. The Bertz CT molecular complexity index is 356. The lowest BCUT2D eigenvalue weighted by Gasteiger charge is -2.35. The van der Waals surface area contributed by atoms with Crippen LogP contribution in [0.1, 0.15) is 30.9 Å². The molecule has 1 aromatic carbocycles. The molecule has 0 unspecified atom stereocenters. The summed E-state index contributed by atoms with van der Waals surface area (Å²) < 4.78 is 5.92. The summed E-state index contributed by atoms with van der Waals surface area (Å²) in [7, 11) is 0. The SMILES string of the molecule is CCNC1CC(Oc2ccc(C)c(C)c2)C1. The Kier molecular flexibility index (Phi) is 3.49. The molecule has 2 nitrogen and oxygen atoms in total. The zero-order valence-electron chi connectivity index (χ0n) is 10.4. The van der Waals surface area contributed by atoms with Gasteiger partial charge in [0, 0.05) is 6.04 Å². The van der Waals surface area contributed by atoms with Crippen molar-refractivity contribution in [3.05, 3.63) is 29.3 Å². The Morgan fingerprint density at radius 1 is 1.25 bits per heavy atom. The van der Waals surface area contributed by atoms with Gasteiger partial charge in [0.05, 0.1) is 0 Å². The summed E-state index contributed by atoms with van der Waals surface area (Å²) in [5, 5.41) is 3.44. The topological polar surface area (TPSA) is 21.3 Å². The van der Waals surface area contributed by atoms with E-state index in [1.54, 1.807) is 0 Å². The van der Waals surface area contributed by atoms with E-state index in [-0.39, 0.29) is 0 Å². The van der Waals surface area contributed by atoms with Gasteiger partial charge in [-0.1, -0.05) is 13.0 Å². The zero-order valence-corrected chi connectivity index (χ0v) is 10.4. The van der Waals surface area contributed by atoms with E-state index in [1.807, 2.05) is 0 Å². The fourth-order valence-electron chi connectivity index (χ4n) is 2.10. The third-order valence-electron chi connectivity index (χ3n) is 3.37. The fourth-order valence-corrected chi connectivity index (χ4v) is 2.10. The number of hydrogen-bond acceptors (Lipinski definition) is 2. The molecule has 1 fully saturated rings. The second-order valence-electron chi connectivity index (χ2n) is 4.71. The monoisotopic (exact) mass is 219 g/mol. The Labute approximate surface area is 98.0 Å². The lowest BCUT2D eigenvalue weighted by Crippen LogP contribution is -2.46. The number of rotatable bonds is 4. The second kappa shape index (κ2) is 4.88. The van der Waals surface area contributed by atoms with Crippen LogP contribution in [0.15, 0.2) is 18.2 Å². The normalized spacial score (nSPS) is 23.9. The van der Waals surface area contributed by atoms with Crippen LogP contribution in [0.25, 0.3) is 0 Å². The van der Waals surface area contributed by atoms with Gasteiger partial charge in [-0.2, -0.15) is 0 Å². The highest BCUT2D eigenvalue weighted by Gasteiger charge is 2.29. The quantitative estimate of drug-likeness (QED) is 0.840. The maximum atomic E-state index is 5.92. The highest BCUT2D eigenvalue weighted by atomic mass is 16.5. The molecule has 2 rings (SSSR count). The fraction of sp³-hybridized carbons (Fsp3) is 0.571. The summed E-state index contributed by atoms with van der Waals surface area (Å²) in [4.78, 5) is 0. The number of ether oxygens (including phenoxy) is 1. The third kappa shape index (κ3) is 2.56. The maximum absolute atomic E-state index is 5.92. The molecule has 0 spiro atoms. The standard InChI is InChI=1S/C14H21NO/c1-4-15-12-8-14(9-12)16-13-6-5-10(2)11(3)7-13/h5-7,12,14-15H,4,8-9H2,1-3H3. The molecule has 1 saturated carbocycles. The van der Waals surface area contributed by atoms with Gasteiger partial charge in [0.15, 0.2) is 0 Å². The number of nitrogens with one attached hydrogen (secondary N) is 1. The van der Waals surface area contributed by atoms with Crippen LogP contribution in [0.5, 0.6) is 5.75 Å². The van der Waals surface area contributed by atoms with Gasteiger partial charge in [-0.15, -0.1) is 0 Å². The van der Waals surface area contributed by atoms with Crippen LogP contribution in [0.3, 0.4) is 0 Å². The molecule has 0 atom stereocenters. The van der Waals surface area contributed by atoms with Crippen molar-refractivity contribution >= 4 is 0 Å². The molecule has 88 valence electrons. The molecule has 0 radical (unpaired) electrons. The van der Waals surface area contributed by atoms with Crippen molar-refractivity contribution in [2.75, 3.05) is 6.54 Å². The average Bonchev–Trinajstić information content (AvgIpc) is 2.20. The molecule has 0 bridgehead atoms. The third-order valence-corrected chi connectivity index (χ3v) is 3.37. The molecule has 0 saturated heterocycles. The minimum atomic E-state index is 0.408. The van der Waals surface area contributed by atoms with Gasteiger partial charge in [0.25, 0.3) is 0 Å². The molecule has 1 N–H and O–H groups in total. The van der Waals surface area contributed by atoms with E-state index in [9.17, 15) is 0 Å². The summed E-state index contributed by atoms with van der Waals surface area (Å²) in [5.41, 5.74) is 2.63. The lowest BCUT2D eigenvalue weighted by atomic mass is 9.89. The van der Waals surface area contributed by atoms with E-state index in [0.29, 0.717) is 12.1 Å². The van der Waals surface area contributed by atoms with E-state index in [0.717, 1.165) is 25.1 Å². The van der Waals surface area contributed by atoms with Crippen molar-refractivity contribution < 1.29 is 4.74 Å². The Hall–Kier alpha value is -1.02. The van der Waals surface area contributed by atoms with E-state index in [1.165, 1.54) is 11.1 Å². The predicted octanol–water partition coefficient (Wildman–Crippen LogP) is 2.82. The van der Waals surface area contributed by atoms with Crippen molar-refractivity contribution in [3.8, 4) is 5.75 Å². The molecule has 0 heterocycles. The summed E-state index contributed by atoms with van der Waals surface area (Å²) >= 11 is 0. The van der Waals surface area contributed by atoms with E-state index < -0.39 is 0 Å². The molecule has 0 amide bonds. The van der Waals surface area contributed by atoms with Crippen LogP contribution in [-0.4, -0.2) is 18.7 Å². The van der Waals surface area contributed by atoms with E-state index in [4.69, 9.17) is 4.74 Å². The van der Waals surface area contributed by atoms with Crippen molar-refractivity contribution in [3.63, 3.8) is 0 Å². The van der Waals surface area contributed by atoms with Crippen LogP contribution < -0.4 is 10.1 Å². The zero-order chi connectivity index (χ0) is 11.5. The van der Waals surface area contributed by atoms with Gasteiger partial charge >= 0.3 is 0 Å². The summed E-state index contributed by atoms with van der Waals surface area (Å²) in [5.74, 6) is 1.02. The Morgan fingerprint density at radius 3 is 2.62 bits per heavy atom. The lowest BCUT2D eigenvalue weighted by molar-refractivity contribution is 0.0859. The van der Waals surface area contributed by atoms with Crippen LogP contribution in [0, 0.1) is 13.8 Å². The summed E-state index contributed by atoms with van der Waals surface area (Å²) in [6.45, 7) is 7.46. The van der Waals surface area contributed by atoms with Crippen LogP contribution in [-0.2, 0) is 0 Å². The summed E-state index contributed by atoms with van der Waals surface area (Å²) in [6.07, 6.45) is 2.69. The van der Waals surface area contributed by atoms with Gasteiger partial charge in [-0.25, -0.2) is 0 Å². The number of benzene rings is 1. The Morgan fingerprint density at radius 2 is 2.00 bits per heavy atom. The van der Waals surface area contributed by atoms with Crippen LogP contribution >= 0.6 is 0 Å². The molecule has 2 heteroatoms. The van der Waals surface area contributed by atoms with Crippen molar-refractivity contribution in [1.29, 1.82) is 0 Å². The molecule has 1 aliphatic carbocycles. The van der Waals surface area contributed by atoms with Gasteiger partial charge in [-0.05, 0) is 56.5 Å². The molecule has 1 aliphatic rings. The second-order valence-corrected chi connectivity index (χ2v) is 4.71. The number of aryl methyl sites for hydroxylation is 2. The minimum Gasteiger partial charge on any atom is -0.490 e. The molecule has 0 aliphatic heterocycles. The summed E-state index contributed by atoms with van der Waals surface area (Å²) in [6, 6.07) is 7.01. The van der Waals surface area contributed by atoms with Gasteiger partial charge in [0.1, 0.15) is 11.9 Å².